The van der Waals surface area contributed by atoms with Gasteiger partial charge < -0.3 is 10.5 Å². The standard InChI is InChI=1S/C15H10Cl2N2O/c16-10-4-1-5-12(14(10)17)20-13-7-6-11(18)9-3-2-8-19-15(9)13/h1-8H,18H2. The van der Waals surface area contributed by atoms with Crippen LogP contribution in [0.15, 0.2) is 48.7 Å². The molecule has 0 aliphatic rings. The van der Waals surface area contributed by atoms with Crippen molar-refractivity contribution in [1.29, 1.82) is 0 Å². The summed E-state index contributed by atoms with van der Waals surface area (Å²) in [6.45, 7) is 0. The van der Waals surface area contributed by atoms with Gasteiger partial charge in [-0.15, -0.1) is 0 Å². The molecule has 3 nitrogen and oxygen atoms in total. The summed E-state index contributed by atoms with van der Waals surface area (Å²) in [5.74, 6) is 1.06. The first kappa shape index (κ1) is 13.0. The number of aromatic nitrogens is 1. The molecular weight excluding hydrogens is 295 g/mol. The molecule has 0 bridgehead atoms. The Balaban J connectivity index is 2.12. The van der Waals surface area contributed by atoms with Crippen LogP contribution in [0.25, 0.3) is 10.9 Å². The molecule has 1 heterocycles. The first-order valence-corrected chi connectivity index (χ1v) is 6.67. The van der Waals surface area contributed by atoms with Crippen molar-refractivity contribution in [3.05, 3.63) is 58.7 Å². The van der Waals surface area contributed by atoms with Crippen molar-refractivity contribution >= 4 is 39.8 Å². The summed E-state index contributed by atoms with van der Waals surface area (Å²) in [6.07, 6.45) is 1.69. The van der Waals surface area contributed by atoms with Crippen molar-refractivity contribution in [2.24, 2.45) is 0 Å². The zero-order valence-corrected chi connectivity index (χ0v) is 11.8. The molecule has 0 unspecified atom stereocenters. The topological polar surface area (TPSA) is 48.1 Å². The summed E-state index contributed by atoms with van der Waals surface area (Å²) in [5, 5.41) is 1.65. The molecule has 2 N–H and O–H groups in total. The summed E-state index contributed by atoms with van der Waals surface area (Å²) in [7, 11) is 0. The Morgan fingerprint density at radius 1 is 0.950 bits per heavy atom. The second-order valence-corrected chi connectivity index (χ2v) is 4.99. The lowest BCUT2D eigenvalue weighted by Crippen LogP contribution is -1.92. The number of halogens is 2. The van der Waals surface area contributed by atoms with Crippen molar-refractivity contribution in [2.75, 3.05) is 5.73 Å². The van der Waals surface area contributed by atoms with Gasteiger partial charge in [0.2, 0.25) is 0 Å². The molecular formula is C15H10Cl2N2O. The molecule has 100 valence electrons. The van der Waals surface area contributed by atoms with Gasteiger partial charge in [0.1, 0.15) is 16.3 Å². The maximum Gasteiger partial charge on any atom is 0.153 e. The fourth-order valence-electron chi connectivity index (χ4n) is 1.93. The number of rotatable bonds is 2. The number of ether oxygens (including phenoxy) is 1. The molecule has 0 aliphatic heterocycles. The van der Waals surface area contributed by atoms with E-state index in [4.69, 9.17) is 33.7 Å². The highest BCUT2D eigenvalue weighted by atomic mass is 35.5. The maximum atomic E-state index is 6.12. The number of benzene rings is 2. The average Bonchev–Trinajstić information content (AvgIpc) is 2.47. The number of hydrogen-bond donors (Lipinski definition) is 1. The Morgan fingerprint density at radius 2 is 1.80 bits per heavy atom. The molecule has 3 rings (SSSR count). The van der Waals surface area contributed by atoms with Gasteiger partial charge in [0.25, 0.3) is 0 Å². The quantitative estimate of drug-likeness (QED) is 0.684. The minimum atomic E-state index is 0.370. The van der Waals surface area contributed by atoms with Gasteiger partial charge in [0.15, 0.2) is 5.75 Å². The smallest absolute Gasteiger partial charge is 0.153 e. The van der Waals surface area contributed by atoms with E-state index in [2.05, 4.69) is 4.98 Å². The normalized spacial score (nSPS) is 10.7. The molecule has 0 saturated heterocycles. The van der Waals surface area contributed by atoms with Crippen molar-refractivity contribution in [1.82, 2.24) is 4.98 Å². The van der Waals surface area contributed by atoms with Crippen LogP contribution in [0.2, 0.25) is 10.0 Å². The molecule has 0 atom stereocenters. The lowest BCUT2D eigenvalue weighted by molar-refractivity contribution is 0.487. The molecule has 3 aromatic rings. The predicted molar refractivity (Wildman–Crippen MR) is 82.7 cm³/mol. The van der Waals surface area contributed by atoms with Crippen LogP contribution in [0, 0.1) is 0 Å². The van der Waals surface area contributed by atoms with Crippen molar-refractivity contribution in [3.8, 4) is 11.5 Å². The van der Waals surface area contributed by atoms with E-state index in [9.17, 15) is 0 Å². The third-order valence-electron chi connectivity index (χ3n) is 2.90. The van der Waals surface area contributed by atoms with E-state index >= 15 is 0 Å². The summed E-state index contributed by atoms with van der Waals surface area (Å²) >= 11 is 12.1. The van der Waals surface area contributed by atoms with Crippen LogP contribution in [0.1, 0.15) is 0 Å². The molecule has 20 heavy (non-hydrogen) atoms. The third-order valence-corrected chi connectivity index (χ3v) is 3.70. The van der Waals surface area contributed by atoms with Crippen LogP contribution in [0.4, 0.5) is 5.69 Å². The lowest BCUT2D eigenvalue weighted by atomic mass is 10.1. The van der Waals surface area contributed by atoms with Crippen molar-refractivity contribution in [2.45, 2.75) is 0 Å². The molecule has 0 aliphatic carbocycles. The average molecular weight is 305 g/mol. The van der Waals surface area contributed by atoms with E-state index in [1.165, 1.54) is 0 Å². The van der Waals surface area contributed by atoms with E-state index in [0.717, 1.165) is 5.39 Å². The molecule has 2 aromatic carbocycles. The van der Waals surface area contributed by atoms with Gasteiger partial charge in [-0.25, -0.2) is 0 Å². The SMILES string of the molecule is Nc1ccc(Oc2cccc(Cl)c2Cl)c2ncccc12. The van der Waals surface area contributed by atoms with Crippen LogP contribution < -0.4 is 10.5 Å². The Kier molecular flexibility index (Phi) is 3.38. The summed E-state index contributed by atoms with van der Waals surface area (Å²) < 4.78 is 5.82. The Bertz CT molecular complexity index is 790. The van der Waals surface area contributed by atoms with Crippen LogP contribution in [0.5, 0.6) is 11.5 Å². The fraction of sp³-hybridized carbons (Fsp3) is 0. The molecule has 0 amide bonds. The zero-order valence-electron chi connectivity index (χ0n) is 10.3. The Labute approximate surface area is 125 Å². The first-order chi connectivity index (χ1) is 9.66. The highest BCUT2D eigenvalue weighted by molar-refractivity contribution is 6.42. The van der Waals surface area contributed by atoms with E-state index in [0.29, 0.717) is 32.7 Å². The van der Waals surface area contributed by atoms with Crippen LogP contribution in [-0.4, -0.2) is 4.98 Å². The summed E-state index contributed by atoms with van der Waals surface area (Å²) in [6, 6.07) is 12.5. The maximum absolute atomic E-state index is 6.12. The molecule has 0 radical (unpaired) electrons. The van der Waals surface area contributed by atoms with Gasteiger partial charge in [0, 0.05) is 17.3 Å². The number of anilines is 1. The van der Waals surface area contributed by atoms with E-state index in [1.54, 1.807) is 36.5 Å². The van der Waals surface area contributed by atoms with Gasteiger partial charge in [-0.3, -0.25) is 4.98 Å². The fourth-order valence-corrected chi connectivity index (χ4v) is 2.26. The van der Waals surface area contributed by atoms with E-state index in [1.807, 2.05) is 12.1 Å². The van der Waals surface area contributed by atoms with Crippen LogP contribution in [-0.2, 0) is 0 Å². The predicted octanol–water partition coefficient (Wildman–Crippen LogP) is 4.92. The number of nitrogen functional groups attached to an aromatic ring is 1. The van der Waals surface area contributed by atoms with Crippen molar-refractivity contribution in [3.63, 3.8) is 0 Å². The number of nitrogens with zero attached hydrogens (tertiary/aromatic N) is 1. The molecule has 0 saturated carbocycles. The minimum absolute atomic E-state index is 0.370. The van der Waals surface area contributed by atoms with Gasteiger partial charge in [-0.05, 0) is 36.4 Å². The second-order valence-electron chi connectivity index (χ2n) is 4.21. The molecule has 0 spiro atoms. The van der Waals surface area contributed by atoms with Crippen LogP contribution >= 0.6 is 23.2 Å². The van der Waals surface area contributed by atoms with Gasteiger partial charge in [-0.2, -0.15) is 0 Å². The van der Waals surface area contributed by atoms with Gasteiger partial charge in [0.05, 0.1) is 5.02 Å². The number of pyridine rings is 1. The minimum Gasteiger partial charge on any atom is -0.453 e. The van der Waals surface area contributed by atoms with Crippen molar-refractivity contribution < 1.29 is 4.74 Å². The Hall–Kier alpha value is -1.97. The Morgan fingerprint density at radius 3 is 2.65 bits per heavy atom. The monoisotopic (exact) mass is 304 g/mol. The van der Waals surface area contributed by atoms with E-state index < -0.39 is 0 Å². The lowest BCUT2D eigenvalue weighted by Gasteiger charge is -2.11. The molecule has 0 fully saturated rings. The summed E-state index contributed by atoms with van der Waals surface area (Å²) in [5.41, 5.74) is 7.26. The number of hydrogen-bond acceptors (Lipinski definition) is 3. The third kappa shape index (κ3) is 2.26. The largest absolute Gasteiger partial charge is 0.453 e. The number of fused-ring (bicyclic) bond motifs is 1. The number of nitrogens with two attached hydrogens (primary N) is 1. The second kappa shape index (κ2) is 5.19. The zero-order chi connectivity index (χ0) is 14.1. The van der Waals surface area contributed by atoms with Gasteiger partial charge >= 0.3 is 0 Å². The molecule has 1 aromatic heterocycles. The van der Waals surface area contributed by atoms with E-state index in [-0.39, 0.29) is 0 Å². The summed E-state index contributed by atoms with van der Waals surface area (Å²) in [4.78, 5) is 4.31. The van der Waals surface area contributed by atoms with Crippen LogP contribution in [0.3, 0.4) is 0 Å². The highest BCUT2D eigenvalue weighted by Crippen LogP contribution is 2.37. The molecule has 5 heteroatoms. The first-order valence-electron chi connectivity index (χ1n) is 5.92. The van der Waals surface area contributed by atoms with Gasteiger partial charge in [-0.1, -0.05) is 29.3 Å². The highest BCUT2D eigenvalue weighted by Gasteiger charge is 2.10.